The number of carbonyl (C=O) groups is 1. The third-order valence-corrected chi connectivity index (χ3v) is 1.53. The average Bonchev–Trinajstić information content (AvgIpc) is 2.03. The van der Waals surface area contributed by atoms with E-state index < -0.39 is 11.9 Å². The summed E-state index contributed by atoms with van der Waals surface area (Å²) in [5.41, 5.74) is 5.34. The Balaban J connectivity index is 3.12. The van der Waals surface area contributed by atoms with Crippen LogP contribution in [0.3, 0.4) is 0 Å². The van der Waals surface area contributed by atoms with E-state index in [-0.39, 0.29) is 5.56 Å². The second-order valence-corrected chi connectivity index (χ2v) is 2.36. The van der Waals surface area contributed by atoms with Crippen molar-refractivity contribution in [2.75, 3.05) is 0 Å². The van der Waals surface area contributed by atoms with Crippen LogP contribution in [0.2, 0.25) is 0 Å². The molecule has 0 aliphatic heterocycles. The highest BCUT2D eigenvalue weighted by molar-refractivity contribution is 5.92. The van der Waals surface area contributed by atoms with Crippen molar-refractivity contribution < 1.29 is 9.18 Å². The molecule has 0 fully saturated rings. The van der Waals surface area contributed by atoms with Gasteiger partial charge in [0, 0.05) is 5.69 Å². The summed E-state index contributed by atoms with van der Waals surface area (Å²) in [5, 5.41) is 0. The van der Waals surface area contributed by atoms with Gasteiger partial charge in [-0.2, -0.15) is 4.39 Å². The Labute approximate surface area is 69.4 Å². The molecule has 3 nitrogen and oxygen atoms in total. The lowest BCUT2D eigenvalue weighted by molar-refractivity contribution is 0.0995. The lowest BCUT2D eigenvalue weighted by atomic mass is 10.2. The molecular formula is C8H9FN2O. The predicted octanol–water partition coefficient (Wildman–Crippen LogP) is 0.882. The number of carbonyl (C=O) groups excluding carboxylic acids is 1. The fourth-order valence-electron chi connectivity index (χ4n) is 0.853. The van der Waals surface area contributed by atoms with Gasteiger partial charge in [-0.25, -0.2) is 4.98 Å². The SMILES string of the molecule is CCc1ccc(C(N)=O)c(F)n1. The van der Waals surface area contributed by atoms with Crippen molar-refractivity contribution in [1.29, 1.82) is 0 Å². The topological polar surface area (TPSA) is 56.0 Å². The van der Waals surface area contributed by atoms with Crippen LogP contribution in [-0.2, 0) is 6.42 Å². The van der Waals surface area contributed by atoms with Gasteiger partial charge in [0.25, 0.3) is 5.91 Å². The fourth-order valence-corrected chi connectivity index (χ4v) is 0.853. The molecule has 0 saturated heterocycles. The number of hydrogen-bond acceptors (Lipinski definition) is 2. The zero-order chi connectivity index (χ0) is 9.14. The molecule has 2 N–H and O–H groups in total. The summed E-state index contributed by atoms with van der Waals surface area (Å²) in [5.74, 6) is -1.58. The minimum Gasteiger partial charge on any atom is -0.365 e. The summed E-state index contributed by atoms with van der Waals surface area (Å²) in [7, 11) is 0. The predicted molar refractivity (Wildman–Crippen MR) is 42.1 cm³/mol. The van der Waals surface area contributed by atoms with E-state index in [0.717, 1.165) is 0 Å². The van der Waals surface area contributed by atoms with Crippen LogP contribution in [0, 0.1) is 5.95 Å². The molecule has 1 amide bonds. The van der Waals surface area contributed by atoms with Crippen molar-refractivity contribution in [1.82, 2.24) is 4.98 Å². The number of hydrogen-bond donors (Lipinski definition) is 1. The van der Waals surface area contributed by atoms with Gasteiger partial charge in [-0.1, -0.05) is 6.92 Å². The van der Waals surface area contributed by atoms with Gasteiger partial charge in [-0.15, -0.1) is 0 Å². The number of rotatable bonds is 2. The molecule has 0 spiro atoms. The van der Waals surface area contributed by atoms with Gasteiger partial charge in [-0.05, 0) is 18.6 Å². The lowest BCUT2D eigenvalue weighted by Gasteiger charge is -1.99. The number of nitrogens with zero attached hydrogens (tertiary/aromatic N) is 1. The first-order valence-electron chi connectivity index (χ1n) is 3.60. The first-order valence-corrected chi connectivity index (χ1v) is 3.60. The largest absolute Gasteiger partial charge is 0.365 e. The number of aryl methyl sites for hydroxylation is 1. The normalized spacial score (nSPS) is 9.83. The van der Waals surface area contributed by atoms with E-state index in [9.17, 15) is 9.18 Å². The second-order valence-electron chi connectivity index (χ2n) is 2.36. The molecule has 12 heavy (non-hydrogen) atoms. The van der Waals surface area contributed by atoms with Crippen molar-refractivity contribution in [2.45, 2.75) is 13.3 Å². The number of halogens is 1. The number of amides is 1. The number of nitrogens with two attached hydrogens (primary N) is 1. The molecular weight excluding hydrogens is 159 g/mol. The van der Waals surface area contributed by atoms with E-state index in [1.54, 1.807) is 6.07 Å². The van der Waals surface area contributed by atoms with Gasteiger partial charge in [-0.3, -0.25) is 4.79 Å². The van der Waals surface area contributed by atoms with Gasteiger partial charge in [0.15, 0.2) is 0 Å². The zero-order valence-electron chi connectivity index (χ0n) is 6.67. The molecule has 64 valence electrons. The van der Waals surface area contributed by atoms with Crippen molar-refractivity contribution >= 4 is 5.91 Å². The molecule has 0 aliphatic carbocycles. The zero-order valence-corrected chi connectivity index (χ0v) is 6.67. The average molecular weight is 168 g/mol. The molecule has 0 atom stereocenters. The Morgan fingerprint density at radius 1 is 1.67 bits per heavy atom. The Morgan fingerprint density at radius 3 is 2.75 bits per heavy atom. The summed E-state index contributed by atoms with van der Waals surface area (Å²) in [6.45, 7) is 1.85. The van der Waals surface area contributed by atoms with Gasteiger partial charge < -0.3 is 5.73 Å². The monoisotopic (exact) mass is 168 g/mol. The molecule has 0 radical (unpaired) electrons. The first-order chi connectivity index (χ1) is 5.65. The molecule has 0 bridgehead atoms. The third-order valence-electron chi connectivity index (χ3n) is 1.53. The fraction of sp³-hybridized carbons (Fsp3) is 0.250. The molecule has 1 aromatic rings. The lowest BCUT2D eigenvalue weighted by Crippen LogP contribution is -2.14. The van der Waals surface area contributed by atoms with E-state index in [1.807, 2.05) is 6.92 Å². The molecule has 1 aromatic heterocycles. The molecule has 1 heterocycles. The molecule has 1 rings (SSSR count). The maximum atomic E-state index is 12.9. The van der Waals surface area contributed by atoms with E-state index in [4.69, 9.17) is 5.73 Å². The van der Waals surface area contributed by atoms with Gasteiger partial charge in [0.1, 0.15) is 0 Å². The standard InChI is InChI=1S/C8H9FN2O/c1-2-5-3-4-6(8(10)12)7(9)11-5/h3-4H,2H2,1H3,(H2,10,12). The second kappa shape index (κ2) is 3.30. The van der Waals surface area contributed by atoms with Gasteiger partial charge in [0.2, 0.25) is 5.95 Å². The third kappa shape index (κ3) is 1.58. The van der Waals surface area contributed by atoms with Crippen LogP contribution in [0.15, 0.2) is 12.1 Å². The van der Waals surface area contributed by atoms with Crippen molar-refractivity contribution in [3.05, 3.63) is 29.3 Å². The molecule has 0 unspecified atom stereocenters. The minimum absolute atomic E-state index is 0.160. The summed E-state index contributed by atoms with van der Waals surface area (Å²) in [4.78, 5) is 14.1. The maximum absolute atomic E-state index is 12.9. The molecule has 0 aromatic carbocycles. The smallest absolute Gasteiger partial charge is 0.253 e. The van der Waals surface area contributed by atoms with Crippen LogP contribution in [0.5, 0.6) is 0 Å². The Kier molecular flexibility index (Phi) is 2.38. The van der Waals surface area contributed by atoms with E-state index in [1.165, 1.54) is 6.07 Å². The van der Waals surface area contributed by atoms with Gasteiger partial charge >= 0.3 is 0 Å². The van der Waals surface area contributed by atoms with Crippen LogP contribution in [0.1, 0.15) is 23.0 Å². The van der Waals surface area contributed by atoms with E-state index in [2.05, 4.69) is 4.98 Å². The minimum atomic E-state index is -0.790. The number of pyridine rings is 1. The van der Waals surface area contributed by atoms with Crippen LogP contribution in [0.25, 0.3) is 0 Å². The van der Waals surface area contributed by atoms with Crippen LogP contribution < -0.4 is 5.73 Å². The summed E-state index contributed by atoms with van der Waals surface area (Å²) in [6, 6.07) is 2.94. The van der Waals surface area contributed by atoms with Crippen molar-refractivity contribution in [3.8, 4) is 0 Å². The molecule has 0 aliphatic rings. The van der Waals surface area contributed by atoms with E-state index in [0.29, 0.717) is 12.1 Å². The number of primary amides is 1. The highest BCUT2D eigenvalue weighted by Crippen LogP contribution is 2.05. The maximum Gasteiger partial charge on any atom is 0.253 e. The molecule has 4 heteroatoms. The quantitative estimate of drug-likeness (QED) is 0.666. The van der Waals surface area contributed by atoms with Crippen molar-refractivity contribution in [2.24, 2.45) is 5.73 Å². The first kappa shape index (κ1) is 8.64. The highest BCUT2D eigenvalue weighted by atomic mass is 19.1. The van der Waals surface area contributed by atoms with Gasteiger partial charge in [0.05, 0.1) is 5.56 Å². The Bertz CT molecular complexity index is 312. The van der Waals surface area contributed by atoms with Crippen LogP contribution in [-0.4, -0.2) is 10.9 Å². The molecule has 0 saturated carbocycles. The van der Waals surface area contributed by atoms with Crippen molar-refractivity contribution in [3.63, 3.8) is 0 Å². The Hall–Kier alpha value is -1.45. The summed E-state index contributed by atoms with van der Waals surface area (Å²) < 4.78 is 12.9. The summed E-state index contributed by atoms with van der Waals surface area (Å²) >= 11 is 0. The summed E-state index contributed by atoms with van der Waals surface area (Å²) in [6.07, 6.45) is 0.635. The van der Waals surface area contributed by atoms with E-state index >= 15 is 0 Å². The van der Waals surface area contributed by atoms with Crippen LogP contribution in [0.4, 0.5) is 4.39 Å². The highest BCUT2D eigenvalue weighted by Gasteiger charge is 2.08. The number of aromatic nitrogens is 1. The Morgan fingerprint density at radius 2 is 2.33 bits per heavy atom. The van der Waals surface area contributed by atoms with Crippen LogP contribution >= 0.6 is 0 Å².